The van der Waals surface area contributed by atoms with Crippen LogP contribution in [0, 0.1) is 11.8 Å². The summed E-state index contributed by atoms with van der Waals surface area (Å²) in [5.74, 6) is -2.44. The molecule has 0 bridgehead atoms. The Labute approximate surface area is 237 Å². The molecular formula is C30H45N3O7. The molecule has 40 heavy (non-hydrogen) atoms. The summed E-state index contributed by atoms with van der Waals surface area (Å²) >= 11 is 0. The second-order valence-corrected chi connectivity index (χ2v) is 11.6. The predicted molar refractivity (Wildman–Crippen MR) is 147 cm³/mol. The van der Waals surface area contributed by atoms with E-state index in [4.69, 9.17) is 14.2 Å². The van der Waals surface area contributed by atoms with Crippen molar-refractivity contribution in [2.45, 2.75) is 69.1 Å². The molecule has 0 radical (unpaired) electrons. The van der Waals surface area contributed by atoms with E-state index < -0.39 is 35.0 Å². The molecule has 222 valence electrons. The van der Waals surface area contributed by atoms with Gasteiger partial charge in [-0.2, -0.15) is 0 Å². The van der Waals surface area contributed by atoms with Gasteiger partial charge in [-0.25, -0.2) is 0 Å². The number of rotatable bonds is 9. The molecule has 5 aliphatic heterocycles. The van der Waals surface area contributed by atoms with Gasteiger partial charge < -0.3 is 29.1 Å². The molecule has 0 saturated carbocycles. The number of hydrogen-bond donors (Lipinski definition) is 1. The number of amides is 2. The Hall–Kier alpha value is -2.27. The Kier molecular flexibility index (Phi) is 9.29. The third kappa shape index (κ3) is 5.35. The first-order chi connectivity index (χ1) is 19.5. The van der Waals surface area contributed by atoms with E-state index in [1.165, 1.54) is 0 Å². The van der Waals surface area contributed by atoms with Gasteiger partial charge in [0.05, 0.1) is 25.7 Å². The van der Waals surface area contributed by atoms with Gasteiger partial charge >= 0.3 is 5.97 Å². The number of carbonyl (C=O) groups is 3. The smallest absolute Gasteiger partial charge is 0.313 e. The summed E-state index contributed by atoms with van der Waals surface area (Å²) in [7, 11) is 0. The molecule has 1 N–H and O–H groups in total. The quantitative estimate of drug-likeness (QED) is 0.257. The molecule has 2 amide bonds. The number of aliphatic hydroxyl groups excluding tert-OH is 1. The van der Waals surface area contributed by atoms with Gasteiger partial charge in [-0.15, -0.1) is 0 Å². The molecule has 3 fully saturated rings. The molecule has 0 aliphatic carbocycles. The van der Waals surface area contributed by atoms with Crippen molar-refractivity contribution < 1.29 is 33.7 Å². The lowest BCUT2D eigenvalue weighted by Crippen LogP contribution is -2.57. The van der Waals surface area contributed by atoms with Crippen LogP contribution < -0.4 is 0 Å². The van der Waals surface area contributed by atoms with Crippen LogP contribution in [0.2, 0.25) is 0 Å². The highest BCUT2D eigenvalue weighted by molar-refractivity contribution is 5.99. The van der Waals surface area contributed by atoms with E-state index in [9.17, 15) is 19.5 Å². The highest BCUT2D eigenvalue weighted by Crippen LogP contribution is 2.58. The Bertz CT molecular complexity index is 996. The lowest BCUT2D eigenvalue weighted by molar-refractivity contribution is -0.161. The molecule has 0 aromatic heterocycles. The number of allylic oxidation sites excluding steroid dienone is 1. The van der Waals surface area contributed by atoms with Crippen LogP contribution in [0.15, 0.2) is 24.3 Å². The van der Waals surface area contributed by atoms with Crippen molar-refractivity contribution in [1.82, 2.24) is 14.7 Å². The predicted octanol–water partition coefficient (Wildman–Crippen LogP) is 1.52. The second kappa shape index (κ2) is 12.7. The van der Waals surface area contributed by atoms with E-state index >= 15 is 0 Å². The molecule has 10 nitrogen and oxygen atoms in total. The fourth-order valence-electron chi connectivity index (χ4n) is 7.18. The van der Waals surface area contributed by atoms with Gasteiger partial charge in [0.2, 0.25) is 11.8 Å². The van der Waals surface area contributed by atoms with Crippen LogP contribution in [0.5, 0.6) is 0 Å². The summed E-state index contributed by atoms with van der Waals surface area (Å²) in [6.07, 6.45) is 12.9. The fourth-order valence-corrected chi connectivity index (χ4v) is 7.18. The molecule has 5 rings (SSSR count). The van der Waals surface area contributed by atoms with Gasteiger partial charge in [-0.05, 0) is 44.9 Å². The number of aliphatic hydroxyl groups is 1. The first kappa shape index (κ1) is 29.2. The minimum Gasteiger partial charge on any atom is -0.465 e. The second-order valence-electron chi connectivity index (χ2n) is 11.6. The standard InChI is InChI=1S/C30H45N3O7/c1-2-29-11-6-3-4-9-20-39-28(37)24(29)23-26(35)33(14-7-5-8-19-34)25-27(36)32(13-10-12-30(23,25)40-29)16-15-31-17-21-38-22-18-31/h6,10-12,23-25,34H,2-5,7-9,13-22H2,1H3/b11-6-/t23-,24+,25?,29-,30-/m0/s1. The number of esters is 1. The molecule has 1 spiro atoms. The maximum Gasteiger partial charge on any atom is 0.313 e. The van der Waals surface area contributed by atoms with Crippen molar-refractivity contribution in [3.8, 4) is 0 Å². The lowest BCUT2D eigenvalue weighted by Gasteiger charge is -2.39. The number of ether oxygens (including phenoxy) is 3. The third-order valence-electron chi connectivity index (χ3n) is 9.31. The van der Waals surface area contributed by atoms with Gasteiger partial charge in [-0.3, -0.25) is 19.3 Å². The molecule has 0 aromatic carbocycles. The molecule has 0 aromatic rings. The maximum absolute atomic E-state index is 14.4. The number of fused-ring (bicyclic) bond motifs is 2. The Morgan fingerprint density at radius 3 is 2.52 bits per heavy atom. The maximum atomic E-state index is 14.4. The first-order valence-electron chi connectivity index (χ1n) is 15.2. The zero-order chi connectivity index (χ0) is 28.2. The van der Waals surface area contributed by atoms with Crippen molar-refractivity contribution in [1.29, 1.82) is 0 Å². The lowest BCUT2D eigenvalue weighted by atomic mass is 9.73. The van der Waals surface area contributed by atoms with Crippen LogP contribution >= 0.6 is 0 Å². The summed E-state index contributed by atoms with van der Waals surface area (Å²) in [6, 6.07) is -0.857. The summed E-state index contributed by atoms with van der Waals surface area (Å²) < 4.78 is 18.2. The fraction of sp³-hybridized carbons (Fsp3) is 0.767. The van der Waals surface area contributed by atoms with Gasteiger partial charge in [-0.1, -0.05) is 31.2 Å². The van der Waals surface area contributed by atoms with E-state index in [0.717, 1.165) is 45.3 Å². The SMILES string of the molecule is CC[C@]12/C=C\CCCCOC(=O)[C@H]1[C@H]1C(=O)N(CCCCCO)C3C(=O)N(CCN4CCOCC4)CC=C[C@@]31O2. The summed E-state index contributed by atoms with van der Waals surface area (Å²) in [6.45, 7) is 7.49. The van der Waals surface area contributed by atoms with Crippen LogP contribution in [0.4, 0.5) is 0 Å². The average molecular weight is 560 g/mol. The molecular weight excluding hydrogens is 514 g/mol. The number of hydrogen-bond acceptors (Lipinski definition) is 8. The highest BCUT2D eigenvalue weighted by atomic mass is 16.6. The van der Waals surface area contributed by atoms with E-state index in [2.05, 4.69) is 11.0 Å². The zero-order valence-electron chi connectivity index (χ0n) is 23.8. The number of likely N-dealkylation sites (tertiary alicyclic amines) is 1. The van der Waals surface area contributed by atoms with Gasteiger partial charge in [0, 0.05) is 45.9 Å². The Morgan fingerprint density at radius 1 is 0.925 bits per heavy atom. The average Bonchev–Trinajstić information content (AvgIpc) is 3.32. The summed E-state index contributed by atoms with van der Waals surface area (Å²) in [5, 5.41) is 9.28. The topological polar surface area (TPSA) is 109 Å². The van der Waals surface area contributed by atoms with Crippen molar-refractivity contribution in [3.63, 3.8) is 0 Å². The normalized spacial score (nSPS) is 35.6. The summed E-state index contributed by atoms with van der Waals surface area (Å²) in [5.41, 5.74) is -2.28. The van der Waals surface area contributed by atoms with Crippen LogP contribution in [-0.2, 0) is 28.6 Å². The van der Waals surface area contributed by atoms with Crippen LogP contribution in [0.3, 0.4) is 0 Å². The van der Waals surface area contributed by atoms with E-state index in [1.54, 1.807) is 4.90 Å². The van der Waals surface area contributed by atoms with Gasteiger partial charge in [0.25, 0.3) is 0 Å². The number of unbranched alkanes of at least 4 members (excludes halogenated alkanes) is 2. The van der Waals surface area contributed by atoms with Crippen LogP contribution in [-0.4, -0.2) is 121 Å². The van der Waals surface area contributed by atoms with Crippen LogP contribution in [0.1, 0.15) is 51.9 Å². The van der Waals surface area contributed by atoms with Crippen molar-refractivity contribution in [2.24, 2.45) is 11.8 Å². The number of cyclic esters (lactones) is 1. The van der Waals surface area contributed by atoms with Crippen molar-refractivity contribution in [2.75, 3.05) is 65.7 Å². The van der Waals surface area contributed by atoms with Crippen molar-refractivity contribution >= 4 is 17.8 Å². The minimum absolute atomic E-state index is 0.0866. The molecule has 5 atom stereocenters. The minimum atomic E-state index is -1.25. The van der Waals surface area contributed by atoms with E-state index in [1.807, 2.05) is 30.1 Å². The number of carbonyl (C=O) groups excluding carboxylic acids is 3. The van der Waals surface area contributed by atoms with Gasteiger partial charge in [0.1, 0.15) is 23.2 Å². The molecule has 1 unspecified atom stereocenters. The molecule has 10 heteroatoms. The molecule has 5 heterocycles. The first-order valence-corrected chi connectivity index (χ1v) is 15.2. The molecule has 3 saturated heterocycles. The zero-order valence-corrected chi connectivity index (χ0v) is 23.8. The van der Waals surface area contributed by atoms with Crippen molar-refractivity contribution in [3.05, 3.63) is 24.3 Å². The monoisotopic (exact) mass is 559 g/mol. The summed E-state index contributed by atoms with van der Waals surface area (Å²) in [4.78, 5) is 48.2. The van der Waals surface area contributed by atoms with E-state index in [-0.39, 0.29) is 18.4 Å². The van der Waals surface area contributed by atoms with E-state index in [0.29, 0.717) is 58.7 Å². The Morgan fingerprint density at radius 2 is 1.75 bits per heavy atom. The number of morpholine rings is 1. The van der Waals surface area contributed by atoms with Crippen LogP contribution in [0.25, 0.3) is 0 Å². The largest absolute Gasteiger partial charge is 0.465 e. The Balaban J connectivity index is 1.50. The number of nitrogens with zero attached hydrogens (tertiary/aromatic N) is 3. The highest BCUT2D eigenvalue weighted by Gasteiger charge is 2.75. The molecule has 5 aliphatic rings. The third-order valence-corrected chi connectivity index (χ3v) is 9.31. The van der Waals surface area contributed by atoms with Gasteiger partial charge in [0.15, 0.2) is 0 Å².